The summed E-state index contributed by atoms with van der Waals surface area (Å²) < 4.78 is 5.54. The Morgan fingerprint density at radius 1 is 1.11 bits per heavy atom. The molecule has 1 amide bonds. The maximum atomic E-state index is 12.1. The number of ether oxygens (including phenoxy) is 1. The normalized spacial score (nSPS) is 18.1. The van der Waals surface area contributed by atoms with Crippen LogP contribution in [-0.2, 0) is 16.1 Å². The molecular formula is C22H29N9O3S. The van der Waals surface area contributed by atoms with E-state index in [-0.39, 0.29) is 5.91 Å². The number of anilines is 2. The van der Waals surface area contributed by atoms with Crippen LogP contribution in [0.15, 0.2) is 12.4 Å². The highest BCUT2D eigenvalue weighted by Gasteiger charge is 2.26. The summed E-state index contributed by atoms with van der Waals surface area (Å²) in [6.07, 6.45) is 2.48. The summed E-state index contributed by atoms with van der Waals surface area (Å²) >= 11 is 1.56. The van der Waals surface area contributed by atoms with Gasteiger partial charge >= 0.3 is 0 Å². The molecule has 0 radical (unpaired) electrons. The largest absolute Gasteiger partial charge is 0.384 e. The van der Waals surface area contributed by atoms with Gasteiger partial charge in [-0.05, 0) is 6.92 Å². The molecule has 186 valence electrons. The summed E-state index contributed by atoms with van der Waals surface area (Å²) in [6.45, 7) is 7.63. The lowest BCUT2D eigenvalue weighted by molar-refractivity contribution is -0.141. The number of rotatable bonds is 6. The van der Waals surface area contributed by atoms with E-state index in [4.69, 9.17) is 19.7 Å². The second kappa shape index (κ2) is 10.3. The van der Waals surface area contributed by atoms with Gasteiger partial charge in [-0.25, -0.2) is 24.9 Å². The molecular weight excluding hydrogens is 470 g/mol. The van der Waals surface area contributed by atoms with E-state index >= 15 is 0 Å². The molecule has 0 bridgehead atoms. The lowest BCUT2D eigenvalue weighted by atomic mass is 10.2. The van der Waals surface area contributed by atoms with Gasteiger partial charge in [0.1, 0.15) is 21.5 Å². The first-order valence-corrected chi connectivity index (χ1v) is 12.5. The van der Waals surface area contributed by atoms with Crippen LogP contribution in [0.25, 0.3) is 21.7 Å². The Labute approximate surface area is 207 Å². The first kappa shape index (κ1) is 23.7. The minimum absolute atomic E-state index is 0.214. The molecule has 5 heterocycles. The summed E-state index contributed by atoms with van der Waals surface area (Å²) in [6, 6.07) is 0. The number of piperazine rings is 1. The molecule has 13 heteroatoms. The van der Waals surface area contributed by atoms with Crippen LogP contribution in [0, 0.1) is 0 Å². The van der Waals surface area contributed by atoms with Crippen molar-refractivity contribution in [1.29, 1.82) is 0 Å². The molecule has 2 saturated heterocycles. The lowest BCUT2D eigenvalue weighted by Crippen LogP contribution is -2.50. The number of nitrogens with one attached hydrogen (secondary N) is 1. The standard InChI is InChI=1S/C22H29N9O3S/c1-14(32)21(33)31-5-3-29(4-6-31)13-16-26-17-19(30-7-9-34-10-8-30)27-18(28-20(17)35-16)15-11-24-22(23-2)25-12-15/h11-12,14,32H,3-10,13H2,1-2H3,(H,23,24,25)/t14-/m0/s1. The van der Waals surface area contributed by atoms with Gasteiger partial charge in [-0.2, -0.15) is 0 Å². The SMILES string of the molecule is CNc1ncc(-c2nc(N3CCOCC3)c3nc(CN4CCN(C(=O)[C@H](C)O)CC4)sc3n2)cn1. The number of aliphatic hydroxyl groups is 1. The van der Waals surface area contributed by atoms with Crippen LogP contribution in [-0.4, -0.2) is 111 Å². The number of hydrogen-bond acceptors (Lipinski definition) is 12. The highest BCUT2D eigenvalue weighted by molar-refractivity contribution is 7.18. The number of nitrogens with zero attached hydrogens (tertiary/aromatic N) is 8. The third kappa shape index (κ3) is 5.17. The van der Waals surface area contributed by atoms with Crippen LogP contribution < -0.4 is 10.2 Å². The van der Waals surface area contributed by atoms with Crippen LogP contribution >= 0.6 is 11.3 Å². The molecule has 1 atom stereocenters. The molecule has 3 aromatic heterocycles. The van der Waals surface area contributed by atoms with E-state index < -0.39 is 6.10 Å². The monoisotopic (exact) mass is 499 g/mol. The second-order valence-corrected chi connectivity index (χ2v) is 9.62. The van der Waals surface area contributed by atoms with Gasteiger partial charge in [-0.3, -0.25) is 9.69 Å². The minimum Gasteiger partial charge on any atom is -0.384 e. The van der Waals surface area contributed by atoms with Crippen molar-refractivity contribution in [1.82, 2.24) is 34.7 Å². The molecule has 0 aliphatic carbocycles. The van der Waals surface area contributed by atoms with E-state index in [0.717, 1.165) is 52.9 Å². The fourth-order valence-electron chi connectivity index (χ4n) is 4.20. The average Bonchev–Trinajstić information content (AvgIpc) is 3.31. The van der Waals surface area contributed by atoms with Gasteiger partial charge in [-0.1, -0.05) is 11.3 Å². The molecule has 0 unspecified atom stereocenters. The Morgan fingerprint density at radius 3 is 2.49 bits per heavy atom. The molecule has 5 rings (SSSR count). The van der Waals surface area contributed by atoms with Crippen molar-refractivity contribution in [2.24, 2.45) is 0 Å². The Balaban J connectivity index is 1.41. The Hall–Kier alpha value is -3.00. The molecule has 3 aromatic rings. The molecule has 2 aliphatic rings. The van der Waals surface area contributed by atoms with Gasteiger partial charge in [0.25, 0.3) is 5.91 Å². The molecule has 0 spiro atoms. The maximum Gasteiger partial charge on any atom is 0.251 e. The van der Waals surface area contributed by atoms with Gasteiger partial charge in [0, 0.05) is 58.7 Å². The van der Waals surface area contributed by atoms with Gasteiger partial charge in [-0.15, -0.1) is 0 Å². The molecule has 0 saturated carbocycles. The van der Waals surface area contributed by atoms with E-state index in [1.165, 1.54) is 6.92 Å². The van der Waals surface area contributed by atoms with Crippen LogP contribution in [0.4, 0.5) is 11.8 Å². The molecule has 2 fully saturated rings. The first-order chi connectivity index (χ1) is 17.0. The Kier molecular flexibility index (Phi) is 7.00. The van der Waals surface area contributed by atoms with Gasteiger partial charge in [0.05, 0.1) is 25.3 Å². The molecule has 12 nitrogen and oxygen atoms in total. The van der Waals surface area contributed by atoms with Gasteiger partial charge < -0.3 is 25.0 Å². The quantitative estimate of drug-likeness (QED) is 0.490. The fraction of sp³-hybridized carbons (Fsp3) is 0.545. The van der Waals surface area contributed by atoms with Crippen molar-refractivity contribution in [2.45, 2.75) is 19.6 Å². The highest BCUT2D eigenvalue weighted by atomic mass is 32.1. The Bertz CT molecular complexity index is 1170. The van der Waals surface area contributed by atoms with Crippen molar-refractivity contribution in [2.75, 3.05) is 69.7 Å². The number of morpholine rings is 1. The number of aromatic nitrogens is 5. The number of aliphatic hydroxyl groups excluding tert-OH is 1. The molecule has 2 aliphatic heterocycles. The van der Waals surface area contributed by atoms with E-state index in [2.05, 4.69) is 25.1 Å². The van der Waals surface area contributed by atoms with Crippen LogP contribution in [0.2, 0.25) is 0 Å². The summed E-state index contributed by atoms with van der Waals surface area (Å²) in [4.78, 5) is 42.3. The van der Waals surface area contributed by atoms with Crippen molar-refractivity contribution in [3.05, 3.63) is 17.4 Å². The third-order valence-electron chi connectivity index (χ3n) is 6.13. The topological polar surface area (TPSA) is 133 Å². The van der Waals surface area contributed by atoms with E-state index in [9.17, 15) is 9.90 Å². The minimum atomic E-state index is -0.961. The van der Waals surface area contributed by atoms with E-state index in [0.29, 0.717) is 44.6 Å². The predicted molar refractivity (Wildman–Crippen MR) is 132 cm³/mol. The molecule has 2 N–H and O–H groups in total. The number of thiazole rings is 1. The van der Waals surface area contributed by atoms with Crippen molar-refractivity contribution >= 4 is 39.4 Å². The van der Waals surface area contributed by atoms with Crippen LogP contribution in [0.3, 0.4) is 0 Å². The zero-order valence-electron chi connectivity index (χ0n) is 19.8. The molecule has 35 heavy (non-hydrogen) atoms. The second-order valence-electron chi connectivity index (χ2n) is 8.55. The number of hydrogen-bond donors (Lipinski definition) is 2. The summed E-state index contributed by atoms with van der Waals surface area (Å²) in [7, 11) is 1.78. The first-order valence-electron chi connectivity index (χ1n) is 11.7. The zero-order chi connectivity index (χ0) is 24.4. The van der Waals surface area contributed by atoms with Crippen molar-refractivity contribution < 1.29 is 14.6 Å². The zero-order valence-corrected chi connectivity index (χ0v) is 20.7. The van der Waals surface area contributed by atoms with Gasteiger partial charge in [0.15, 0.2) is 11.6 Å². The van der Waals surface area contributed by atoms with Crippen molar-refractivity contribution in [3.8, 4) is 11.4 Å². The van der Waals surface area contributed by atoms with Crippen LogP contribution in [0.5, 0.6) is 0 Å². The molecule has 0 aromatic carbocycles. The number of amides is 1. The maximum absolute atomic E-state index is 12.1. The van der Waals surface area contributed by atoms with Crippen molar-refractivity contribution in [3.63, 3.8) is 0 Å². The third-order valence-corrected chi connectivity index (χ3v) is 7.06. The number of fused-ring (bicyclic) bond motifs is 1. The van der Waals surface area contributed by atoms with E-state index in [1.54, 1.807) is 35.7 Å². The highest BCUT2D eigenvalue weighted by Crippen LogP contribution is 2.31. The Morgan fingerprint density at radius 2 is 1.83 bits per heavy atom. The average molecular weight is 500 g/mol. The number of carbonyl (C=O) groups excluding carboxylic acids is 1. The fourth-order valence-corrected chi connectivity index (χ4v) is 5.17. The lowest BCUT2D eigenvalue weighted by Gasteiger charge is -2.34. The summed E-state index contributed by atoms with van der Waals surface area (Å²) in [5.74, 6) is 1.70. The van der Waals surface area contributed by atoms with Crippen LogP contribution in [0.1, 0.15) is 11.9 Å². The van der Waals surface area contributed by atoms with Gasteiger partial charge in [0.2, 0.25) is 5.95 Å². The van der Waals surface area contributed by atoms with E-state index in [1.807, 2.05) is 0 Å². The predicted octanol–water partition coefficient (Wildman–Crippen LogP) is 0.447. The summed E-state index contributed by atoms with van der Waals surface area (Å²) in [5, 5.41) is 13.4. The summed E-state index contributed by atoms with van der Waals surface area (Å²) in [5.41, 5.74) is 1.54. The smallest absolute Gasteiger partial charge is 0.251 e. The number of carbonyl (C=O) groups is 1.